The first-order valence-corrected chi connectivity index (χ1v) is 6.31. The Morgan fingerprint density at radius 2 is 2.32 bits per heavy atom. The normalized spacial score (nSPS) is 48.3. The molecule has 0 unspecified atom stereocenters. The fourth-order valence-electron chi connectivity index (χ4n) is 3.27. The molecule has 1 spiro atoms. The van der Waals surface area contributed by atoms with Gasteiger partial charge in [0, 0.05) is 13.5 Å². The van der Waals surface area contributed by atoms with E-state index in [9.17, 15) is 9.59 Å². The number of carbonyl (C=O) groups is 2. The van der Waals surface area contributed by atoms with Crippen molar-refractivity contribution in [3.05, 3.63) is 0 Å². The lowest BCUT2D eigenvalue weighted by Crippen LogP contribution is -2.57. The topological polar surface area (TPSA) is 115 Å². The molecule has 0 aromatic carbocycles. The van der Waals surface area contributed by atoms with Crippen LogP contribution in [-0.2, 0) is 23.8 Å². The number of Topliss-reactive ketones (excluding diaryl/α,β-unsaturated/α-hetero) is 1. The smallest absolute Gasteiger partial charge is 0.306 e. The number of nitrogens with two attached hydrogens (primary N) is 1. The maximum Gasteiger partial charge on any atom is 0.306 e. The number of epoxide rings is 2. The van der Waals surface area contributed by atoms with E-state index in [1.165, 1.54) is 7.11 Å². The molecular weight excluding hydrogens is 254 g/mol. The Balaban J connectivity index is 1.84. The van der Waals surface area contributed by atoms with Crippen LogP contribution in [0.5, 0.6) is 0 Å². The summed E-state index contributed by atoms with van der Waals surface area (Å²) in [5.41, 5.74) is 4.55. The Morgan fingerprint density at radius 3 is 2.84 bits per heavy atom. The number of ether oxygens (including phenoxy) is 3. The molecule has 7 heteroatoms. The molecule has 2 saturated heterocycles. The number of carbonyl (C=O) groups excluding carboxylic acids is 1. The molecule has 5 atom stereocenters. The quantitative estimate of drug-likeness (QED) is 0.648. The minimum atomic E-state index is -1.13. The van der Waals surface area contributed by atoms with E-state index in [2.05, 4.69) is 0 Å². The average molecular weight is 271 g/mol. The molecule has 3 N–H and O–H groups in total. The van der Waals surface area contributed by atoms with Gasteiger partial charge in [0.05, 0.1) is 18.9 Å². The summed E-state index contributed by atoms with van der Waals surface area (Å²) in [6.45, 7) is 0.521. The number of methoxy groups -OCH3 is 1. The van der Waals surface area contributed by atoms with Gasteiger partial charge in [0.25, 0.3) is 0 Å². The summed E-state index contributed by atoms with van der Waals surface area (Å²) in [5.74, 6) is -1.43. The van der Waals surface area contributed by atoms with Gasteiger partial charge in [-0.3, -0.25) is 9.59 Å². The van der Waals surface area contributed by atoms with E-state index in [0.29, 0.717) is 19.4 Å². The van der Waals surface area contributed by atoms with Crippen LogP contribution in [0.2, 0.25) is 0 Å². The number of rotatable bonds is 4. The second kappa shape index (κ2) is 3.99. The lowest BCUT2D eigenvalue weighted by molar-refractivity contribution is -0.142. The van der Waals surface area contributed by atoms with Crippen molar-refractivity contribution in [2.24, 2.45) is 11.7 Å². The van der Waals surface area contributed by atoms with Crippen molar-refractivity contribution in [1.82, 2.24) is 0 Å². The standard InChI is InChI=1S/C12H17NO6/c1-17-9-6(14)2-3-11(5-18-11)10(9)12(13)7(19-12)4-8(15)16/h7,9-10H,2-5,13H2,1H3,(H,15,16)/t7-,9-,10+,11+,12+/m1/s1. The van der Waals surface area contributed by atoms with Gasteiger partial charge < -0.3 is 25.1 Å². The van der Waals surface area contributed by atoms with Crippen LogP contribution < -0.4 is 5.73 Å². The highest BCUT2D eigenvalue weighted by atomic mass is 16.6. The van der Waals surface area contributed by atoms with Gasteiger partial charge in [0.1, 0.15) is 17.8 Å². The summed E-state index contributed by atoms with van der Waals surface area (Å²) in [7, 11) is 1.45. The monoisotopic (exact) mass is 271 g/mol. The van der Waals surface area contributed by atoms with Gasteiger partial charge in [0.2, 0.25) is 0 Å². The molecule has 0 aromatic rings. The first-order valence-electron chi connectivity index (χ1n) is 6.31. The van der Waals surface area contributed by atoms with Crippen molar-refractivity contribution >= 4 is 11.8 Å². The second-order valence-corrected chi connectivity index (χ2v) is 5.51. The van der Waals surface area contributed by atoms with Gasteiger partial charge in [0.15, 0.2) is 11.5 Å². The Hall–Kier alpha value is -1.02. The molecule has 0 aromatic heterocycles. The zero-order chi connectivity index (χ0) is 13.8. The summed E-state index contributed by atoms with van der Waals surface area (Å²) in [6, 6.07) is 0. The summed E-state index contributed by atoms with van der Waals surface area (Å²) < 4.78 is 16.2. The Morgan fingerprint density at radius 1 is 1.63 bits per heavy atom. The van der Waals surface area contributed by atoms with Crippen LogP contribution in [0.4, 0.5) is 0 Å². The summed E-state index contributed by atoms with van der Waals surface area (Å²) >= 11 is 0. The van der Waals surface area contributed by atoms with Crippen molar-refractivity contribution in [2.75, 3.05) is 13.7 Å². The molecule has 7 nitrogen and oxygen atoms in total. The molecule has 0 bridgehead atoms. The number of carboxylic acid groups (broad SMARTS) is 1. The van der Waals surface area contributed by atoms with Crippen molar-refractivity contribution in [2.45, 2.75) is 42.8 Å². The maximum atomic E-state index is 11.9. The number of hydrogen-bond acceptors (Lipinski definition) is 6. The van der Waals surface area contributed by atoms with Crippen molar-refractivity contribution in [3.63, 3.8) is 0 Å². The maximum absolute atomic E-state index is 11.9. The number of aliphatic carboxylic acids is 1. The fraction of sp³-hybridized carbons (Fsp3) is 0.833. The minimum Gasteiger partial charge on any atom is -0.481 e. The van der Waals surface area contributed by atoms with Crippen LogP contribution >= 0.6 is 0 Å². The van der Waals surface area contributed by atoms with Crippen molar-refractivity contribution in [1.29, 1.82) is 0 Å². The molecule has 0 radical (unpaired) electrons. The first-order chi connectivity index (χ1) is 8.93. The Labute approximate surface area is 110 Å². The Kier molecular flexibility index (Phi) is 2.72. The molecular formula is C12H17NO6. The third kappa shape index (κ3) is 1.88. The van der Waals surface area contributed by atoms with Gasteiger partial charge in [-0.2, -0.15) is 0 Å². The van der Waals surface area contributed by atoms with E-state index in [0.717, 1.165) is 0 Å². The second-order valence-electron chi connectivity index (χ2n) is 5.51. The van der Waals surface area contributed by atoms with E-state index in [1.54, 1.807) is 0 Å². The van der Waals surface area contributed by atoms with Crippen LogP contribution in [0.25, 0.3) is 0 Å². The van der Waals surface area contributed by atoms with E-state index in [1.807, 2.05) is 0 Å². The zero-order valence-corrected chi connectivity index (χ0v) is 10.6. The summed E-state index contributed by atoms with van der Waals surface area (Å²) in [4.78, 5) is 22.7. The van der Waals surface area contributed by atoms with Crippen LogP contribution in [0.1, 0.15) is 19.3 Å². The van der Waals surface area contributed by atoms with Crippen LogP contribution in [0.15, 0.2) is 0 Å². The lowest BCUT2D eigenvalue weighted by atomic mass is 9.71. The third-order valence-corrected chi connectivity index (χ3v) is 4.39. The highest BCUT2D eigenvalue weighted by Gasteiger charge is 2.73. The number of ketones is 1. The average Bonchev–Trinajstić information content (AvgIpc) is 3.22. The summed E-state index contributed by atoms with van der Waals surface area (Å²) in [5, 5.41) is 8.81. The molecule has 1 saturated carbocycles. The van der Waals surface area contributed by atoms with E-state index < -0.39 is 35.4 Å². The van der Waals surface area contributed by atoms with Gasteiger partial charge >= 0.3 is 5.97 Å². The van der Waals surface area contributed by atoms with Crippen molar-refractivity contribution < 1.29 is 28.9 Å². The van der Waals surface area contributed by atoms with Crippen LogP contribution in [0, 0.1) is 5.92 Å². The van der Waals surface area contributed by atoms with Gasteiger partial charge in [-0.05, 0) is 6.42 Å². The molecule has 2 aliphatic heterocycles. The number of hydrogen-bond donors (Lipinski definition) is 2. The van der Waals surface area contributed by atoms with Gasteiger partial charge in [-0.1, -0.05) is 0 Å². The molecule has 3 aliphatic rings. The largest absolute Gasteiger partial charge is 0.481 e. The fourth-order valence-corrected chi connectivity index (χ4v) is 3.27. The predicted molar refractivity (Wildman–Crippen MR) is 61.3 cm³/mol. The third-order valence-electron chi connectivity index (χ3n) is 4.39. The van der Waals surface area contributed by atoms with Crippen molar-refractivity contribution in [3.8, 4) is 0 Å². The lowest BCUT2D eigenvalue weighted by Gasteiger charge is -2.37. The van der Waals surface area contributed by atoms with Crippen LogP contribution in [-0.4, -0.2) is 54.1 Å². The zero-order valence-electron chi connectivity index (χ0n) is 10.6. The predicted octanol–water partition coefficient (Wildman–Crippen LogP) is -0.722. The minimum absolute atomic E-state index is 0.0250. The molecule has 1 aliphatic carbocycles. The summed E-state index contributed by atoms with van der Waals surface area (Å²) in [6.07, 6.45) is -0.444. The van der Waals surface area contributed by atoms with E-state index >= 15 is 0 Å². The Bertz CT molecular complexity index is 434. The van der Waals surface area contributed by atoms with Gasteiger partial charge in [-0.25, -0.2) is 0 Å². The molecule has 2 heterocycles. The highest BCUT2D eigenvalue weighted by molar-refractivity contribution is 5.85. The highest BCUT2D eigenvalue weighted by Crippen LogP contribution is 2.56. The first kappa shape index (κ1) is 13.0. The molecule has 3 rings (SSSR count). The van der Waals surface area contributed by atoms with Gasteiger partial charge in [-0.15, -0.1) is 0 Å². The van der Waals surface area contributed by atoms with E-state index in [4.69, 9.17) is 25.1 Å². The number of carboxylic acids is 1. The molecule has 106 valence electrons. The SMILES string of the molecule is CO[C@@H]1C(=O)CC[C@]2(CO2)[C@H]1[C@@]1(N)O[C@@H]1CC(=O)O. The molecule has 3 fully saturated rings. The molecule has 19 heavy (non-hydrogen) atoms. The van der Waals surface area contributed by atoms with Crippen LogP contribution in [0.3, 0.4) is 0 Å². The molecule has 0 amide bonds. The van der Waals surface area contributed by atoms with E-state index in [-0.39, 0.29) is 12.2 Å².